The maximum absolute atomic E-state index is 13.2. The predicted octanol–water partition coefficient (Wildman–Crippen LogP) is 4.06. The van der Waals surface area contributed by atoms with Gasteiger partial charge in [0.1, 0.15) is 27.9 Å². The first-order chi connectivity index (χ1) is 16.2. The lowest BCUT2D eigenvalue weighted by Crippen LogP contribution is -2.43. The Kier molecular flexibility index (Phi) is 5.39. The van der Waals surface area contributed by atoms with Crippen molar-refractivity contribution in [3.8, 4) is 11.5 Å². The first-order valence-electron chi connectivity index (χ1n) is 10.3. The average Bonchev–Trinajstić information content (AvgIpc) is 3.42. The summed E-state index contributed by atoms with van der Waals surface area (Å²) < 4.78 is 73.2. The van der Waals surface area contributed by atoms with Crippen molar-refractivity contribution in [1.29, 1.82) is 0 Å². The van der Waals surface area contributed by atoms with E-state index < -0.39 is 34.9 Å². The Morgan fingerprint density at radius 1 is 1.21 bits per heavy atom. The van der Waals surface area contributed by atoms with Gasteiger partial charge in [-0.15, -0.1) is 0 Å². The summed E-state index contributed by atoms with van der Waals surface area (Å²) in [6, 6.07) is 11.1. The lowest BCUT2D eigenvalue weighted by molar-refractivity contribution is -0.135. The van der Waals surface area contributed by atoms with E-state index in [4.69, 9.17) is 14.0 Å². The SMILES string of the molecule is COc1cc(Cn2cccn2)cc2onc(NS(=O)(=O)c3ccccc3OC3CC(F)(F)C3)c12. The number of nitrogens with zero attached hydrogens (tertiary/aromatic N) is 3. The zero-order valence-electron chi connectivity index (χ0n) is 17.9. The first-order valence-corrected chi connectivity index (χ1v) is 11.8. The molecule has 0 unspecified atom stereocenters. The van der Waals surface area contributed by atoms with E-state index in [2.05, 4.69) is 15.0 Å². The molecular formula is C22H20F2N4O5S. The molecule has 12 heteroatoms. The number of aromatic nitrogens is 3. The van der Waals surface area contributed by atoms with Crippen LogP contribution in [0, 0.1) is 0 Å². The van der Waals surface area contributed by atoms with Gasteiger partial charge in [-0.25, -0.2) is 17.2 Å². The summed E-state index contributed by atoms with van der Waals surface area (Å²) in [5.74, 6) is -2.51. The minimum atomic E-state index is -4.19. The molecule has 34 heavy (non-hydrogen) atoms. The summed E-state index contributed by atoms with van der Waals surface area (Å²) >= 11 is 0. The molecule has 1 N–H and O–H groups in total. The number of anilines is 1. The lowest BCUT2D eigenvalue weighted by atomic mass is 9.91. The van der Waals surface area contributed by atoms with Crippen LogP contribution < -0.4 is 14.2 Å². The van der Waals surface area contributed by atoms with E-state index in [1.54, 1.807) is 41.3 Å². The van der Waals surface area contributed by atoms with Crippen LogP contribution in [0.25, 0.3) is 11.0 Å². The van der Waals surface area contributed by atoms with E-state index in [-0.39, 0.29) is 16.5 Å². The highest BCUT2D eigenvalue weighted by molar-refractivity contribution is 7.92. The number of para-hydroxylation sites is 1. The van der Waals surface area contributed by atoms with E-state index in [1.165, 1.54) is 25.3 Å². The lowest BCUT2D eigenvalue weighted by Gasteiger charge is -2.35. The zero-order chi connectivity index (χ0) is 23.9. The Hall–Kier alpha value is -3.67. The molecule has 1 aliphatic rings. The van der Waals surface area contributed by atoms with Crippen LogP contribution in [-0.4, -0.2) is 42.5 Å². The van der Waals surface area contributed by atoms with Crippen LogP contribution in [0.2, 0.25) is 0 Å². The van der Waals surface area contributed by atoms with Gasteiger partial charge in [0, 0.05) is 25.2 Å². The number of rotatable bonds is 8. The Morgan fingerprint density at radius 3 is 2.71 bits per heavy atom. The molecule has 0 bridgehead atoms. The van der Waals surface area contributed by atoms with Crippen molar-refractivity contribution in [3.63, 3.8) is 0 Å². The van der Waals surface area contributed by atoms with Gasteiger partial charge in [-0.1, -0.05) is 17.3 Å². The predicted molar refractivity (Wildman–Crippen MR) is 118 cm³/mol. The fourth-order valence-electron chi connectivity index (χ4n) is 3.81. The topological polar surface area (TPSA) is 108 Å². The number of fused-ring (bicyclic) bond motifs is 1. The van der Waals surface area contributed by atoms with Gasteiger partial charge in [0.25, 0.3) is 15.9 Å². The third kappa shape index (κ3) is 4.28. The molecule has 2 heterocycles. The van der Waals surface area contributed by atoms with Gasteiger partial charge in [-0.05, 0) is 35.9 Å². The highest BCUT2D eigenvalue weighted by Gasteiger charge is 2.47. The quantitative estimate of drug-likeness (QED) is 0.397. The van der Waals surface area contributed by atoms with Crippen LogP contribution in [0.4, 0.5) is 14.6 Å². The molecule has 0 radical (unpaired) electrons. The number of hydrogen-bond acceptors (Lipinski definition) is 7. The smallest absolute Gasteiger partial charge is 0.266 e. The molecule has 0 atom stereocenters. The van der Waals surface area contributed by atoms with Crippen LogP contribution >= 0.6 is 0 Å². The average molecular weight is 490 g/mol. The van der Waals surface area contributed by atoms with Crippen molar-refractivity contribution in [2.24, 2.45) is 0 Å². The largest absolute Gasteiger partial charge is 0.496 e. The molecule has 9 nitrogen and oxygen atoms in total. The standard InChI is InChI=1S/C22H20F2N4O5S/c1-31-17-9-14(13-28-8-4-7-25-28)10-18-20(17)21(26-33-18)27-34(29,30)19-6-3-2-5-16(19)32-15-11-22(23,24)12-15/h2-10,15H,11-13H2,1H3,(H,26,27). The van der Waals surface area contributed by atoms with E-state index in [0.29, 0.717) is 23.3 Å². The van der Waals surface area contributed by atoms with Crippen LogP contribution in [0.3, 0.4) is 0 Å². The summed E-state index contributed by atoms with van der Waals surface area (Å²) in [6.45, 7) is 0.450. The number of hydrogen-bond donors (Lipinski definition) is 1. The minimum Gasteiger partial charge on any atom is -0.496 e. The maximum Gasteiger partial charge on any atom is 0.266 e. The fraction of sp³-hybridized carbons (Fsp3) is 0.273. The van der Waals surface area contributed by atoms with E-state index in [0.717, 1.165) is 5.56 Å². The number of alkyl halides is 2. The molecule has 0 aliphatic heterocycles. The van der Waals surface area contributed by atoms with Gasteiger partial charge < -0.3 is 14.0 Å². The molecule has 2 aromatic carbocycles. The number of halogens is 2. The van der Waals surface area contributed by atoms with E-state index in [1.807, 2.05) is 0 Å². The first kappa shape index (κ1) is 22.1. The molecule has 1 fully saturated rings. The third-order valence-corrected chi connectivity index (χ3v) is 6.82. The monoisotopic (exact) mass is 490 g/mol. The van der Waals surface area contributed by atoms with Crippen LogP contribution in [-0.2, 0) is 16.6 Å². The normalized spacial score (nSPS) is 15.7. The Balaban J connectivity index is 1.44. The van der Waals surface area contributed by atoms with E-state index in [9.17, 15) is 17.2 Å². The Bertz CT molecular complexity index is 1430. The second-order valence-corrected chi connectivity index (χ2v) is 9.61. The zero-order valence-corrected chi connectivity index (χ0v) is 18.8. The molecule has 5 rings (SSSR count). The summed E-state index contributed by atoms with van der Waals surface area (Å²) in [5.41, 5.74) is 1.13. The molecular weight excluding hydrogens is 470 g/mol. The summed E-state index contributed by atoms with van der Waals surface area (Å²) in [4.78, 5) is -0.198. The van der Waals surface area contributed by atoms with Crippen molar-refractivity contribution in [1.82, 2.24) is 14.9 Å². The second-order valence-electron chi connectivity index (χ2n) is 7.96. The number of benzene rings is 2. The van der Waals surface area contributed by atoms with Crippen molar-refractivity contribution in [2.45, 2.75) is 36.3 Å². The Morgan fingerprint density at radius 2 is 2.00 bits per heavy atom. The van der Waals surface area contributed by atoms with Gasteiger partial charge in [-0.3, -0.25) is 9.40 Å². The van der Waals surface area contributed by atoms with Gasteiger partial charge in [0.05, 0.1) is 13.7 Å². The summed E-state index contributed by atoms with van der Waals surface area (Å²) in [6.07, 6.45) is 1.80. The number of methoxy groups -OCH3 is 1. The molecule has 4 aromatic rings. The summed E-state index contributed by atoms with van der Waals surface area (Å²) in [5, 5.41) is 8.39. The van der Waals surface area contributed by atoms with Crippen molar-refractivity contribution >= 4 is 26.8 Å². The minimum absolute atomic E-state index is 0.0169. The number of ether oxygens (including phenoxy) is 2. The molecule has 178 valence electrons. The van der Waals surface area contributed by atoms with Gasteiger partial charge in [0.15, 0.2) is 11.4 Å². The van der Waals surface area contributed by atoms with Crippen LogP contribution in [0.15, 0.2) is 64.3 Å². The highest BCUT2D eigenvalue weighted by atomic mass is 32.2. The molecule has 0 saturated heterocycles. The van der Waals surface area contributed by atoms with Crippen LogP contribution in [0.1, 0.15) is 18.4 Å². The van der Waals surface area contributed by atoms with Crippen molar-refractivity contribution in [3.05, 3.63) is 60.4 Å². The maximum atomic E-state index is 13.2. The van der Waals surface area contributed by atoms with Gasteiger partial charge >= 0.3 is 0 Å². The molecule has 1 saturated carbocycles. The molecule has 1 aliphatic carbocycles. The highest BCUT2D eigenvalue weighted by Crippen LogP contribution is 2.41. The van der Waals surface area contributed by atoms with E-state index >= 15 is 0 Å². The van der Waals surface area contributed by atoms with Crippen molar-refractivity contribution in [2.75, 3.05) is 11.8 Å². The van der Waals surface area contributed by atoms with Crippen molar-refractivity contribution < 1.29 is 31.2 Å². The third-order valence-electron chi connectivity index (χ3n) is 5.44. The Labute approximate surface area is 193 Å². The molecule has 0 amide bonds. The summed E-state index contributed by atoms with van der Waals surface area (Å²) in [7, 11) is -2.74. The fourth-order valence-corrected chi connectivity index (χ4v) is 4.96. The molecule has 2 aromatic heterocycles. The van der Waals surface area contributed by atoms with Gasteiger partial charge in [0.2, 0.25) is 0 Å². The second kappa shape index (κ2) is 8.28. The molecule has 0 spiro atoms. The van der Waals surface area contributed by atoms with Crippen LogP contribution in [0.5, 0.6) is 11.5 Å². The number of sulfonamides is 1. The van der Waals surface area contributed by atoms with Gasteiger partial charge in [-0.2, -0.15) is 5.10 Å². The number of nitrogens with one attached hydrogen (secondary N) is 1.